The molecule has 7 nitrogen and oxygen atoms in total. The average molecular weight is 326 g/mol. The molecule has 4 unspecified atom stereocenters. The maximum atomic E-state index is 12.6. The highest BCUT2D eigenvalue weighted by atomic mass is 16.6. The van der Waals surface area contributed by atoms with Crippen LogP contribution in [0.2, 0.25) is 0 Å². The monoisotopic (exact) mass is 326 g/mol. The maximum Gasteiger partial charge on any atom is 0.269 e. The van der Waals surface area contributed by atoms with Crippen LogP contribution in [0.15, 0.2) is 36.4 Å². The molecule has 7 heteroatoms. The summed E-state index contributed by atoms with van der Waals surface area (Å²) in [5.74, 6) is -3.06. The summed E-state index contributed by atoms with van der Waals surface area (Å²) in [7, 11) is 0. The first-order valence-electron chi connectivity index (χ1n) is 7.78. The van der Waals surface area contributed by atoms with Crippen molar-refractivity contribution in [3.05, 3.63) is 46.5 Å². The van der Waals surface area contributed by atoms with Crippen LogP contribution in [0.4, 0.5) is 11.4 Å². The number of nitro groups is 1. The molecule has 1 aromatic carbocycles. The summed E-state index contributed by atoms with van der Waals surface area (Å²) < 4.78 is 0. The Morgan fingerprint density at radius 3 is 2.08 bits per heavy atom. The zero-order valence-corrected chi connectivity index (χ0v) is 12.5. The number of fused-ring (bicyclic) bond motifs is 5. The van der Waals surface area contributed by atoms with Crippen molar-refractivity contribution in [2.45, 2.75) is 6.42 Å². The number of hydrogen-bond acceptors (Lipinski definition) is 5. The number of non-ortho nitro benzene ring substituents is 1. The van der Waals surface area contributed by atoms with E-state index < -0.39 is 16.7 Å². The number of rotatable bonds is 3. The van der Waals surface area contributed by atoms with Gasteiger partial charge in [-0.25, -0.2) is 0 Å². The normalized spacial score (nSPS) is 32.9. The summed E-state index contributed by atoms with van der Waals surface area (Å²) in [5.41, 5.74) is 0.225. The fourth-order valence-electron chi connectivity index (χ4n) is 4.26. The van der Waals surface area contributed by atoms with E-state index >= 15 is 0 Å². The van der Waals surface area contributed by atoms with Crippen LogP contribution < -0.4 is 5.32 Å². The van der Waals surface area contributed by atoms with Crippen LogP contribution >= 0.6 is 0 Å². The van der Waals surface area contributed by atoms with Gasteiger partial charge in [-0.3, -0.25) is 24.5 Å². The number of nitrogens with one attached hydrogen (secondary N) is 1. The Kier molecular flexibility index (Phi) is 3.13. The standard InChI is InChI=1S/C17H14N2O5/c20-15-12-8-1-2-9(7-8)13(12)16(21)14(15)17(22)18-10-3-5-11(6-4-10)19(23)24/h1-6,8-9,12-14H,7H2,(H,18,22). The van der Waals surface area contributed by atoms with Crippen molar-refractivity contribution in [3.63, 3.8) is 0 Å². The fraction of sp³-hybridized carbons (Fsp3) is 0.353. The Labute approximate surface area is 136 Å². The number of nitrogens with zero attached hydrogens (tertiary/aromatic N) is 1. The fourth-order valence-corrected chi connectivity index (χ4v) is 4.26. The highest BCUT2D eigenvalue weighted by Crippen LogP contribution is 2.53. The van der Waals surface area contributed by atoms with Crippen molar-refractivity contribution in [1.29, 1.82) is 0 Å². The molecule has 2 bridgehead atoms. The van der Waals surface area contributed by atoms with Crippen molar-refractivity contribution in [2.24, 2.45) is 29.6 Å². The minimum atomic E-state index is -1.26. The molecule has 0 aromatic heterocycles. The van der Waals surface area contributed by atoms with Gasteiger partial charge in [0.2, 0.25) is 5.91 Å². The molecule has 0 heterocycles. The van der Waals surface area contributed by atoms with Crippen LogP contribution in [0.5, 0.6) is 0 Å². The van der Waals surface area contributed by atoms with Gasteiger partial charge >= 0.3 is 0 Å². The number of hydrogen-bond donors (Lipinski definition) is 1. The molecule has 4 rings (SSSR count). The molecule has 0 radical (unpaired) electrons. The smallest absolute Gasteiger partial charge is 0.269 e. The molecule has 0 aliphatic heterocycles. The van der Waals surface area contributed by atoms with Gasteiger partial charge in [-0.05, 0) is 30.4 Å². The number of carbonyl (C=O) groups is 3. The third-order valence-corrected chi connectivity index (χ3v) is 5.29. The molecular weight excluding hydrogens is 312 g/mol. The second-order valence-electron chi connectivity index (χ2n) is 6.53. The summed E-state index contributed by atoms with van der Waals surface area (Å²) >= 11 is 0. The lowest BCUT2D eigenvalue weighted by molar-refractivity contribution is -0.384. The molecule has 0 spiro atoms. The molecule has 2 fully saturated rings. The molecule has 3 aliphatic rings. The SMILES string of the molecule is O=C(Nc1ccc([N+](=O)[O-])cc1)C1C(=O)C2C3C=CC(C3)C2C1=O. The Balaban J connectivity index is 1.52. The van der Waals surface area contributed by atoms with E-state index in [0.717, 1.165) is 6.42 Å². The first kappa shape index (κ1) is 14.7. The Morgan fingerprint density at radius 1 is 1.04 bits per heavy atom. The molecule has 1 aromatic rings. The zero-order chi connectivity index (χ0) is 17.0. The summed E-state index contributed by atoms with van der Waals surface area (Å²) in [4.78, 5) is 47.6. The number of allylic oxidation sites excluding steroid dienone is 2. The first-order valence-corrected chi connectivity index (χ1v) is 7.78. The molecule has 1 amide bonds. The van der Waals surface area contributed by atoms with Gasteiger partial charge in [-0.1, -0.05) is 12.2 Å². The van der Waals surface area contributed by atoms with E-state index in [1.54, 1.807) is 0 Å². The lowest BCUT2D eigenvalue weighted by atomic mass is 9.85. The lowest BCUT2D eigenvalue weighted by Crippen LogP contribution is -2.33. The molecule has 122 valence electrons. The van der Waals surface area contributed by atoms with Crippen LogP contribution in [-0.4, -0.2) is 22.4 Å². The molecule has 3 aliphatic carbocycles. The predicted molar refractivity (Wildman–Crippen MR) is 82.9 cm³/mol. The van der Waals surface area contributed by atoms with E-state index in [-0.39, 0.29) is 40.9 Å². The van der Waals surface area contributed by atoms with Crippen LogP contribution in [-0.2, 0) is 14.4 Å². The first-order chi connectivity index (χ1) is 11.5. The second-order valence-corrected chi connectivity index (χ2v) is 6.53. The predicted octanol–water partition coefficient (Wildman–Crippen LogP) is 1.74. The highest BCUT2D eigenvalue weighted by molar-refractivity contribution is 6.27. The van der Waals surface area contributed by atoms with E-state index in [0.29, 0.717) is 5.69 Å². The van der Waals surface area contributed by atoms with Gasteiger partial charge in [0.1, 0.15) is 0 Å². The number of ketones is 2. The van der Waals surface area contributed by atoms with E-state index in [4.69, 9.17) is 0 Å². The Bertz CT molecular complexity index is 768. The third-order valence-electron chi connectivity index (χ3n) is 5.29. The van der Waals surface area contributed by atoms with Gasteiger partial charge in [-0.15, -0.1) is 0 Å². The molecule has 0 saturated heterocycles. The third kappa shape index (κ3) is 2.01. The van der Waals surface area contributed by atoms with Gasteiger partial charge < -0.3 is 5.32 Å². The van der Waals surface area contributed by atoms with E-state index in [1.165, 1.54) is 24.3 Å². The number of nitro benzene ring substituents is 1. The molecular formula is C17H14N2O5. The van der Waals surface area contributed by atoms with Gasteiger partial charge in [-0.2, -0.15) is 0 Å². The number of Topliss-reactive ketones (excluding diaryl/α,β-unsaturated/α-hetero) is 2. The van der Waals surface area contributed by atoms with Crippen molar-refractivity contribution in [3.8, 4) is 0 Å². The topological polar surface area (TPSA) is 106 Å². The highest BCUT2D eigenvalue weighted by Gasteiger charge is 2.61. The number of carbonyl (C=O) groups excluding carboxylic acids is 3. The summed E-state index contributed by atoms with van der Waals surface area (Å²) in [6.45, 7) is 0. The van der Waals surface area contributed by atoms with Crippen LogP contribution in [0.3, 0.4) is 0 Å². The van der Waals surface area contributed by atoms with E-state index in [1.807, 2.05) is 12.2 Å². The van der Waals surface area contributed by atoms with E-state index in [2.05, 4.69) is 5.32 Å². The van der Waals surface area contributed by atoms with Gasteiger partial charge in [0.25, 0.3) is 5.69 Å². The minimum Gasteiger partial charge on any atom is -0.325 e. The zero-order valence-electron chi connectivity index (χ0n) is 12.5. The quantitative estimate of drug-likeness (QED) is 0.394. The average Bonchev–Trinajstić information content (AvgIpc) is 3.21. The molecule has 1 N–H and O–H groups in total. The van der Waals surface area contributed by atoms with Crippen molar-refractivity contribution in [1.82, 2.24) is 0 Å². The lowest BCUT2D eigenvalue weighted by Gasteiger charge is -2.16. The minimum absolute atomic E-state index is 0.0774. The van der Waals surface area contributed by atoms with Crippen LogP contribution in [0.1, 0.15) is 6.42 Å². The summed E-state index contributed by atoms with van der Waals surface area (Å²) in [5, 5.41) is 13.2. The van der Waals surface area contributed by atoms with Gasteiger partial charge in [0.15, 0.2) is 17.5 Å². The molecule has 4 atom stereocenters. The number of anilines is 1. The van der Waals surface area contributed by atoms with Gasteiger partial charge in [0.05, 0.1) is 4.92 Å². The van der Waals surface area contributed by atoms with Crippen molar-refractivity contribution >= 4 is 28.8 Å². The van der Waals surface area contributed by atoms with E-state index in [9.17, 15) is 24.5 Å². The second kappa shape index (κ2) is 5.09. The van der Waals surface area contributed by atoms with Crippen LogP contribution in [0, 0.1) is 39.7 Å². The molecule has 2 saturated carbocycles. The largest absolute Gasteiger partial charge is 0.325 e. The maximum absolute atomic E-state index is 12.6. The number of benzene rings is 1. The molecule has 24 heavy (non-hydrogen) atoms. The number of amides is 1. The van der Waals surface area contributed by atoms with Crippen molar-refractivity contribution < 1.29 is 19.3 Å². The Hall–Kier alpha value is -2.83. The van der Waals surface area contributed by atoms with Crippen molar-refractivity contribution in [2.75, 3.05) is 5.32 Å². The Morgan fingerprint density at radius 2 is 1.58 bits per heavy atom. The summed E-state index contributed by atoms with van der Waals surface area (Å²) in [6, 6.07) is 5.28. The van der Waals surface area contributed by atoms with Crippen LogP contribution in [0.25, 0.3) is 0 Å². The van der Waals surface area contributed by atoms with Gasteiger partial charge in [0, 0.05) is 29.7 Å². The summed E-state index contributed by atoms with van der Waals surface area (Å²) in [6.07, 6.45) is 4.78.